The summed E-state index contributed by atoms with van der Waals surface area (Å²) in [5.41, 5.74) is 4.22. The molecule has 0 radical (unpaired) electrons. The van der Waals surface area contributed by atoms with Crippen molar-refractivity contribution in [3.05, 3.63) is 101 Å². The molecule has 3 aromatic carbocycles. The highest BCUT2D eigenvalue weighted by molar-refractivity contribution is 6.35. The van der Waals surface area contributed by atoms with Crippen molar-refractivity contribution in [2.24, 2.45) is 0 Å². The van der Waals surface area contributed by atoms with Gasteiger partial charge < -0.3 is 15.1 Å². The summed E-state index contributed by atoms with van der Waals surface area (Å²) >= 11 is 0. The lowest BCUT2D eigenvalue weighted by molar-refractivity contribution is -0.156. The van der Waals surface area contributed by atoms with Crippen LogP contribution in [0.5, 0.6) is 0 Å². The number of carbonyl (C=O) groups is 3. The summed E-state index contributed by atoms with van der Waals surface area (Å²) < 4.78 is 0. The smallest absolute Gasteiger partial charge is 0.312 e. The van der Waals surface area contributed by atoms with E-state index < -0.39 is 11.8 Å². The van der Waals surface area contributed by atoms with Crippen molar-refractivity contribution in [2.45, 2.75) is 20.0 Å². The van der Waals surface area contributed by atoms with E-state index in [4.69, 9.17) is 0 Å². The van der Waals surface area contributed by atoms with Gasteiger partial charge in [0, 0.05) is 37.4 Å². The molecule has 0 aliphatic carbocycles. The highest BCUT2D eigenvalue weighted by atomic mass is 16.2. The van der Waals surface area contributed by atoms with Gasteiger partial charge in [0.2, 0.25) is 0 Å². The van der Waals surface area contributed by atoms with Gasteiger partial charge in [-0.2, -0.15) is 0 Å². The maximum Gasteiger partial charge on any atom is 0.312 e. The second-order valence-corrected chi connectivity index (χ2v) is 7.96. The van der Waals surface area contributed by atoms with E-state index in [-0.39, 0.29) is 5.91 Å². The minimum absolute atomic E-state index is 0.192. The molecule has 0 saturated carbocycles. The second kappa shape index (κ2) is 9.47. The molecule has 32 heavy (non-hydrogen) atoms. The molecule has 3 amide bonds. The van der Waals surface area contributed by atoms with Crippen molar-refractivity contribution in [2.75, 3.05) is 18.4 Å². The first-order valence-electron chi connectivity index (χ1n) is 10.6. The van der Waals surface area contributed by atoms with Crippen molar-refractivity contribution in [1.82, 2.24) is 9.80 Å². The summed E-state index contributed by atoms with van der Waals surface area (Å²) in [5.74, 6) is -1.16. The van der Waals surface area contributed by atoms with Crippen LogP contribution in [0.25, 0.3) is 0 Å². The minimum atomic E-state index is -0.492. The quantitative estimate of drug-likeness (QED) is 0.611. The van der Waals surface area contributed by atoms with Gasteiger partial charge in [-0.05, 0) is 47.9 Å². The van der Waals surface area contributed by atoms with Crippen LogP contribution < -0.4 is 5.32 Å². The Morgan fingerprint density at radius 2 is 1.38 bits per heavy atom. The highest BCUT2D eigenvalue weighted by Crippen LogP contribution is 2.16. The predicted octanol–water partition coefficient (Wildman–Crippen LogP) is 3.62. The number of piperazine rings is 1. The third-order valence-electron chi connectivity index (χ3n) is 5.48. The fourth-order valence-corrected chi connectivity index (χ4v) is 3.73. The number of hydrogen-bond donors (Lipinski definition) is 1. The van der Waals surface area contributed by atoms with Crippen LogP contribution in [0.4, 0.5) is 5.69 Å². The Labute approximate surface area is 187 Å². The van der Waals surface area contributed by atoms with E-state index in [1.165, 1.54) is 0 Å². The lowest BCUT2D eigenvalue weighted by Crippen LogP contribution is -2.53. The van der Waals surface area contributed by atoms with Crippen molar-refractivity contribution in [3.8, 4) is 0 Å². The van der Waals surface area contributed by atoms with E-state index in [0.717, 1.165) is 22.4 Å². The second-order valence-electron chi connectivity index (χ2n) is 7.96. The summed E-state index contributed by atoms with van der Waals surface area (Å²) in [6, 6.07) is 24.4. The summed E-state index contributed by atoms with van der Waals surface area (Å²) in [5, 5.41) is 2.88. The molecular formula is C26H25N3O3. The van der Waals surface area contributed by atoms with E-state index in [2.05, 4.69) is 5.32 Å². The number of carbonyl (C=O) groups excluding carboxylic acids is 3. The molecule has 1 saturated heterocycles. The fourth-order valence-electron chi connectivity index (χ4n) is 3.73. The molecule has 1 aliphatic rings. The van der Waals surface area contributed by atoms with E-state index in [0.29, 0.717) is 31.7 Å². The average Bonchev–Trinajstić information content (AvgIpc) is 2.80. The Hall–Kier alpha value is -3.93. The number of benzene rings is 3. The van der Waals surface area contributed by atoms with Gasteiger partial charge in [-0.25, -0.2) is 0 Å². The number of amides is 3. The zero-order chi connectivity index (χ0) is 22.5. The summed E-state index contributed by atoms with van der Waals surface area (Å²) in [6.07, 6.45) is 0. The van der Waals surface area contributed by atoms with E-state index in [9.17, 15) is 14.4 Å². The molecule has 1 aliphatic heterocycles. The van der Waals surface area contributed by atoms with Gasteiger partial charge in [-0.1, -0.05) is 54.6 Å². The first-order chi connectivity index (χ1) is 15.5. The summed E-state index contributed by atoms with van der Waals surface area (Å²) in [4.78, 5) is 40.8. The monoisotopic (exact) mass is 427 g/mol. The Kier molecular flexibility index (Phi) is 6.31. The maximum atomic E-state index is 12.6. The fraction of sp³-hybridized carbons (Fsp3) is 0.192. The number of hydrogen-bond acceptors (Lipinski definition) is 3. The molecule has 0 aromatic heterocycles. The normalized spacial score (nSPS) is 13.9. The van der Waals surface area contributed by atoms with Crippen molar-refractivity contribution in [3.63, 3.8) is 0 Å². The van der Waals surface area contributed by atoms with Crippen LogP contribution in [-0.4, -0.2) is 40.6 Å². The molecular weight excluding hydrogens is 402 g/mol. The molecule has 3 aromatic rings. The molecule has 6 nitrogen and oxygen atoms in total. The zero-order valence-electron chi connectivity index (χ0n) is 18.0. The van der Waals surface area contributed by atoms with Crippen LogP contribution in [-0.2, 0) is 22.7 Å². The number of nitrogens with zero attached hydrogens (tertiary/aromatic N) is 2. The van der Waals surface area contributed by atoms with E-state index in [1.807, 2.05) is 73.7 Å². The molecule has 0 atom stereocenters. The number of aryl methyl sites for hydroxylation is 1. The van der Waals surface area contributed by atoms with Gasteiger partial charge in [0.1, 0.15) is 0 Å². The standard InChI is InChI=1S/C26H25N3O3/c1-19-6-5-9-23(16-19)27-24(30)22-12-10-21(11-13-22)18-29-15-14-28(25(31)26(29)32)17-20-7-3-2-4-8-20/h2-13,16H,14-15,17-18H2,1H3,(H,27,30). The molecule has 6 heteroatoms. The Bertz CT molecular complexity index is 1130. The summed E-state index contributed by atoms with van der Waals surface area (Å²) in [7, 11) is 0. The van der Waals surface area contributed by atoms with Crippen LogP contribution in [0, 0.1) is 6.92 Å². The molecule has 4 rings (SSSR count). The topological polar surface area (TPSA) is 69.7 Å². The van der Waals surface area contributed by atoms with Crippen LogP contribution in [0.2, 0.25) is 0 Å². The molecule has 0 spiro atoms. The van der Waals surface area contributed by atoms with Crippen molar-refractivity contribution in [1.29, 1.82) is 0 Å². The average molecular weight is 428 g/mol. The van der Waals surface area contributed by atoms with Crippen LogP contribution in [0.15, 0.2) is 78.9 Å². The Morgan fingerprint density at radius 1 is 0.781 bits per heavy atom. The lowest BCUT2D eigenvalue weighted by Gasteiger charge is -2.33. The van der Waals surface area contributed by atoms with Crippen LogP contribution >= 0.6 is 0 Å². The number of anilines is 1. The van der Waals surface area contributed by atoms with Crippen LogP contribution in [0.3, 0.4) is 0 Å². The maximum absolute atomic E-state index is 12.6. The Balaban J connectivity index is 1.35. The summed E-state index contributed by atoms with van der Waals surface area (Å²) in [6.45, 7) is 3.72. The number of nitrogens with one attached hydrogen (secondary N) is 1. The lowest BCUT2D eigenvalue weighted by atomic mass is 10.1. The van der Waals surface area contributed by atoms with E-state index in [1.54, 1.807) is 21.9 Å². The molecule has 0 unspecified atom stereocenters. The third kappa shape index (κ3) is 5.03. The molecule has 1 N–H and O–H groups in total. The molecule has 0 bridgehead atoms. The van der Waals surface area contributed by atoms with Crippen molar-refractivity contribution >= 4 is 23.4 Å². The predicted molar refractivity (Wildman–Crippen MR) is 123 cm³/mol. The Morgan fingerprint density at radius 3 is 1.97 bits per heavy atom. The third-order valence-corrected chi connectivity index (χ3v) is 5.48. The van der Waals surface area contributed by atoms with Gasteiger partial charge in [0.05, 0.1) is 0 Å². The van der Waals surface area contributed by atoms with Crippen molar-refractivity contribution < 1.29 is 14.4 Å². The molecule has 1 heterocycles. The first kappa shape index (κ1) is 21.3. The highest BCUT2D eigenvalue weighted by Gasteiger charge is 2.32. The minimum Gasteiger partial charge on any atom is -0.328 e. The van der Waals surface area contributed by atoms with Crippen LogP contribution in [0.1, 0.15) is 27.0 Å². The first-order valence-corrected chi connectivity index (χ1v) is 10.6. The molecule has 1 fully saturated rings. The molecule has 162 valence electrons. The van der Waals surface area contributed by atoms with Gasteiger partial charge in [-0.15, -0.1) is 0 Å². The van der Waals surface area contributed by atoms with Gasteiger partial charge in [-0.3, -0.25) is 14.4 Å². The van der Waals surface area contributed by atoms with Gasteiger partial charge in [0.15, 0.2) is 0 Å². The van der Waals surface area contributed by atoms with Gasteiger partial charge >= 0.3 is 11.8 Å². The van der Waals surface area contributed by atoms with E-state index >= 15 is 0 Å². The zero-order valence-corrected chi connectivity index (χ0v) is 18.0. The SMILES string of the molecule is Cc1cccc(NC(=O)c2ccc(CN3CCN(Cc4ccccc4)C(=O)C3=O)cc2)c1. The number of rotatable bonds is 6. The largest absolute Gasteiger partial charge is 0.328 e. The van der Waals surface area contributed by atoms with Gasteiger partial charge in [0.25, 0.3) is 5.91 Å².